The van der Waals surface area contributed by atoms with E-state index in [4.69, 9.17) is 14.2 Å². The maximum absolute atomic E-state index is 13.0. The summed E-state index contributed by atoms with van der Waals surface area (Å²) in [4.78, 5) is 38.7. The summed E-state index contributed by atoms with van der Waals surface area (Å²) in [6.07, 6.45) is 0.946. The van der Waals surface area contributed by atoms with Gasteiger partial charge in [0, 0.05) is 25.4 Å². The van der Waals surface area contributed by atoms with Gasteiger partial charge in [-0.25, -0.2) is 4.79 Å². The standard InChI is InChI=1S/C23H37NO8/c1-14(31-15(2)25)23(29,21(3,4)5)20(27)30-13-16-8-10-24-11-9-17(19(16)24)32-18(26)12-22(6,7)28/h8,14,17,19,28-29H,9-13H2,1-7H3/t14-,17+,19+,23+/m0/s1. The lowest BCUT2D eigenvalue weighted by molar-refractivity contribution is -0.203. The van der Waals surface area contributed by atoms with Gasteiger partial charge in [-0.3, -0.25) is 14.5 Å². The number of aliphatic hydroxyl groups is 2. The molecule has 0 aliphatic carbocycles. The van der Waals surface area contributed by atoms with Gasteiger partial charge in [-0.1, -0.05) is 26.8 Å². The Hall–Kier alpha value is -1.97. The highest BCUT2D eigenvalue weighted by Gasteiger charge is 2.55. The van der Waals surface area contributed by atoms with E-state index in [1.54, 1.807) is 34.6 Å². The molecule has 0 bridgehead atoms. The minimum atomic E-state index is -2.05. The van der Waals surface area contributed by atoms with Crippen molar-refractivity contribution in [2.45, 2.75) is 90.8 Å². The fraction of sp³-hybridized carbons (Fsp3) is 0.783. The van der Waals surface area contributed by atoms with Crippen LogP contribution in [0, 0.1) is 5.41 Å². The van der Waals surface area contributed by atoms with Gasteiger partial charge in [0.1, 0.15) is 18.8 Å². The molecular formula is C23H37NO8. The molecule has 1 fully saturated rings. The van der Waals surface area contributed by atoms with Crippen molar-refractivity contribution in [2.24, 2.45) is 5.41 Å². The average molecular weight is 456 g/mol. The zero-order valence-corrected chi connectivity index (χ0v) is 20.1. The van der Waals surface area contributed by atoms with Crippen LogP contribution in [0.2, 0.25) is 0 Å². The second-order valence-electron chi connectivity index (χ2n) is 10.4. The topological polar surface area (TPSA) is 123 Å². The summed E-state index contributed by atoms with van der Waals surface area (Å²) in [5.74, 6) is -1.97. The number of nitrogens with zero attached hydrogens (tertiary/aromatic N) is 1. The average Bonchev–Trinajstić information content (AvgIpc) is 3.18. The van der Waals surface area contributed by atoms with E-state index in [1.807, 2.05) is 6.08 Å². The number of fused-ring (bicyclic) bond motifs is 1. The SMILES string of the molecule is CC(=O)O[C@@H](C)[C@@](O)(C(=O)OCC1=CCN2CC[C@@H](OC(=O)CC(C)(C)O)[C@@H]12)C(C)(C)C. The lowest BCUT2D eigenvalue weighted by Gasteiger charge is -2.41. The van der Waals surface area contributed by atoms with Crippen LogP contribution in [-0.4, -0.2) is 82.2 Å². The van der Waals surface area contributed by atoms with Crippen molar-refractivity contribution in [3.05, 3.63) is 11.6 Å². The smallest absolute Gasteiger partial charge is 0.342 e. The van der Waals surface area contributed by atoms with Gasteiger partial charge in [0.15, 0.2) is 0 Å². The van der Waals surface area contributed by atoms with E-state index >= 15 is 0 Å². The lowest BCUT2D eigenvalue weighted by atomic mass is 9.73. The van der Waals surface area contributed by atoms with E-state index in [0.717, 1.165) is 12.1 Å². The number of hydrogen-bond acceptors (Lipinski definition) is 9. The first kappa shape index (κ1) is 26.3. The van der Waals surface area contributed by atoms with Gasteiger partial charge in [0.2, 0.25) is 5.60 Å². The number of carbonyl (C=O) groups excluding carboxylic acids is 3. The van der Waals surface area contributed by atoms with Gasteiger partial charge in [0.05, 0.1) is 18.1 Å². The maximum Gasteiger partial charge on any atom is 0.342 e. The second-order valence-corrected chi connectivity index (χ2v) is 10.4. The summed E-state index contributed by atoms with van der Waals surface area (Å²) in [6.45, 7) is 12.1. The highest BCUT2D eigenvalue weighted by atomic mass is 16.6. The van der Waals surface area contributed by atoms with Crippen molar-refractivity contribution in [1.82, 2.24) is 4.90 Å². The number of esters is 3. The van der Waals surface area contributed by atoms with Crippen LogP contribution in [0.1, 0.15) is 61.3 Å². The summed E-state index contributed by atoms with van der Waals surface area (Å²) < 4.78 is 16.2. The van der Waals surface area contributed by atoms with Gasteiger partial charge < -0.3 is 24.4 Å². The monoisotopic (exact) mass is 455 g/mol. The molecule has 2 aliphatic rings. The van der Waals surface area contributed by atoms with Crippen molar-refractivity contribution >= 4 is 17.9 Å². The molecule has 2 heterocycles. The Morgan fingerprint density at radius 3 is 2.34 bits per heavy atom. The molecule has 0 aromatic rings. The second kappa shape index (κ2) is 9.49. The van der Waals surface area contributed by atoms with E-state index in [-0.39, 0.29) is 19.1 Å². The Kier molecular flexibility index (Phi) is 7.79. The Balaban J connectivity index is 2.07. The van der Waals surface area contributed by atoms with E-state index in [2.05, 4.69) is 4.90 Å². The molecule has 0 saturated carbocycles. The Bertz CT molecular complexity index is 763. The predicted molar refractivity (Wildman–Crippen MR) is 115 cm³/mol. The Labute approximate surface area is 189 Å². The molecule has 0 aromatic heterocycles. The van der Waals surface area contributed by atoms with Gasteiger partial charge in [-0.15, -0.1) is 0 Å². The molecule has 2 N–H and O–H groups in total. The van der Waals surface area contributed by atoms with Crippen LogP contribution in [-0.2, 0) is 28.6 Å². The highest BCUT2D eigenvalue weighted by molar-refractivity contribution is 5.82. The van der Waals surface area contributed by atoms with Crippen molar-refractivity contribution in [3.63, 3.8) is 0 Å². The molecule has 2 aliphatic heterocycles. The summed E-state index contributed by atoms with van der Waals surface area (Å²) in [6, 6.07) is -0.220. The summed E-state index contributed by atoms with van der Waals surface area (Å²) >= 11 is 0. The van der Waals surface area contributed by atoms with Crippen LogP contribution < -0.4 is 0 Å². The Morgan fingerprint density at radius 1 is 1.19 bits per heavy atom. The molecule has 2 rings (SSSR count). The minimum absolute atomic E-state index is 0.0786. The zero-order valence-electron chi connectivity index (χ0n) is 20.1. The quantitative estimate of drug-likeness (QED) is 0.317. The molecule has 0 unspecified atom stereocenters. The van der Waals surface area contributed by atoms with Crippen molar-refractivity contribution in [3.8, 4) is 0 Å². The molecule has 1 saturated heterocycles. The van der Waals surface area contributed by atoms with Crippen LogP contribution in [0.5, 0.6) is 0 Å². The number of carbonyl (C=O) groups is 3. The van der Waals surface area contributed by atoms with Crippen LogP contribution in [0.15, 0.2) is 11.6 Å². The van der Waals surface area contributed by atoms with Gasteiger partial charge in [-0.2, -0.15) is 0 Å². The molecule has 9 nitrogen and oxygen atoms in total. The van der Waals surface area contributed by atoms with Gasteiger partial charge >= 0.3 is 17.9 Å². The van der Waals surface area contributed by atoms with E-state index in [0.29, 0.717) is 13.0 Å². The molecule has 0 spiro atoms. The first-order valence-corrected chi connectivity index (χ1v) is 11.0. The Morgan fingerprint density at radius 2 is 1.81 bits per heavy atom. The van der Waals surface area contributed by atoms with E-state index < -0.39 is 46.7 Å². The molecular weight excluding hydrogens is 418 g/mol. The molecule has 182 valence electrons. The summed E-state index contributed by atoms with van der Waals surface area (Å²) in [7, 11) is 0. The van der Waals surface area contributed by atoms with Gasteiger partial charge in [0.25, 0.3) is 0 Å². The third-order valence-electron chi connectivity index (χ3n) is 6.03. The minimum Gasteiger partial charge on any atom is -0.460 e. The fourth-order valence-electron chi connectivity index (χ4n) is 4.37. The third-order valence-corrected chi connectivity index (χ3v) is 6.03. The van der Waals surface area contributed by atoms with Crippen molar-refractivity contribution < 1.29 is 38.8 Å². The van der Waals surface area contributed by atoms with Crippen LogP contribution in [0.3, 0.4) is 0 Å². The fourth-order valence-corrected chi connectivity index (χ4v) is 4.37. The first-order valence-electron chi connectivity index (χ1n) is 11.0. The number of rotatable bonds is 8. The van der Waals surface area contributed by atoms with Gasteiger partial charge in [-0.05, 0) is 32.8 Å². The maximum atomic E-state index is 13.0. The highest BCUT2D eigenvalue weighted by Crippen LogP contribution is 2.37. The molecule has 9 heteroatoms. The molecule has 0 aromatic carbocycles. The molecule has 32 heavy (non-hydrogen) atoms. The summed E-state index contributed by atoms with van der Waals surface area (Å²) in [5, 5.41) is 21.1. The molecule has 0 radical (unpaired) electrons. The predicted octanol–water partition coefficient (Wildman–Crippen LogP) is 1.35. The third kappa shape index (κ3) is 5.88. The van der Waals surface area contributed by atoms with Crippen LogP contribution in [0.4, 0.5) is 0 Å². The number of hydrogen-bond donors (Lipinski definition) is 2. The van der Waals surface area contributed by atoms with Crippen LogP contribution in [0.25, 0.3) is 0 Å². The largest absolute Gasteiger partial charge is 0.460 e. The van der Waals surface area contributed by atoms with Crippen LogP contribution >= 0.6 is 0 Å². The molecule has 0 amide bonds. The first-order chi connectivity index (χ1) is 14.6. The molecule has 4 atom stereocenters. The number of ether oxygens (including phenoxy) is 3. The van der Waals surface area contributed by atoms with E-state index in [9.17, 15) is 24.6 Å². The van der Waals surface area contributed by atoms with E-state index in [1.165, 1.54) is 13.8 Å². The lowest BCUT2D eigenvalue weighted by Crippen LogP contribution is -2.59. The normalized spacial score (nSPS) is 24.2. The van der Waals surface area contributed by atoms with Crippen molar-refractivity contribution in [1.29, 1.82) is 0 Å². The van der Waals surface area contributed by atoms with Crippen molar-refractivity contribution in [2.75, 3.05) is 19.7 Å². The summed E-state index contributed by atoms with van der Waals surface area (Å²) in [5.41, 5.74) is -3.38. The zero-order chi connectivity index (χ0) is 24.5.